The first-order chi connectivity index (χ1) is 22.4. The first-order valence-corrected chi connectivity index (χ1v) is 14.2. The highest BCUT2D eigenvalue weighted by molar-refractivity contribution is 6.39. The van der Waals surface area contributed by atoms with Crippen molar-refractivity contribution in [3.63, 3.8) is 0 Å². The van der Waals surface area contributed by atoms with Crippen LogP contribution in [0, 0.1) is 0 Å². The number of carboxylic acids is 2. The van der Waals surface area contributed by atoms with Crippen molar-refractivity contribution in [2.45, 2.75) is 25.3 Å². The van der Waals surface area contributed by atoms with E-state index in [1.165, 1.54) is 73.8 Å². The normalized spacial score (nSPS) is 11.1. The predicted octanol–water partition coefficient (Wildman–Crippen LogP) is 2.52. The molecule has 0 spiro atoms. The van der Waals surface area contributed by atoms with Crippen LogP contribution in [-0.2, 0) is 25.5 Å². The van der Waals surface area contributed by atoms with Crippen LogP contribution in [0.2, 0.25) is 0 Å². The zero-order valence-electron chi connectivity index (χ0n) is 25.5. The molecule has 0 radical (unpaired) electrons. The Kier molecular flexibility index (Phi) is 12.4. The van der Waals surface area contributed by atoms with E-state index in [4.69, 9.17) is 15.2 Å². The van der Waals surface area contributed by atoms with Crippen molar-refractivity contribution in [1.82, 2.24) is 10.2 Å². The number of carbonyl (C=O) groups excluding carboxylic acids is 4. The van der Waals surface area contributed by atoms with E-state index in [1.54, 1.807) is 0 Å². The number of ether oxygens (including phenoxy) is 2. The first kappa shape index (κ1) is 35.5. The third-order valence-electron chi connectivity index (χ3n) is 6.88. The van der Waals surface area contributed by atoms with Crippen molar-refractivity contribution in [2.24, 2.45) is 5.73 Å². The van der Waals surface area contributed by atoms with E-state index in [2.05, 4.69) is 5.32 Å². The number of amides is 4. The molecule has 3 rings (SSSR count). The molecule has 3 aromatic carbocycles. The lowest BCUT2D eigenvalue weighted by molar-refractivity contribution is -0.148. The van der Waals surface area contributed by atoms with E-state index in [1.807, 2.05) is 0 Å². The van der Waals surface area contributed by atoms with Gasteiger partial charge in [-0.15, -0.1) is 0 Å². The molecule has 0 aliphatic rings. The standard InChI is InChI=1S/C32H34N4O11/c1-34-27(38)26-24(37)10-7-11-25(26)47-17-6-5-16-35(32(45)46-2)28(39)22(33)18-19-12-14-20(15-13-19)36(29(40)31(43)44)23-9-4-3-8-21(23)30(41)42/h3-4,7-15,22,37H,5-6,16-18,33H2,1-2H3,(H,34,38)(H,41,42)(H,43,44)/t22-/m0/s1. The van der Waals surface area contributed by atoms with Gasteiger partial charge < -0.3 is 35.8 Å². The molecular formula is C32H34N4O11. The monoisotopic (exact) mass is 650 g/mol. The molecule has 1 atom stereocenters. The number of carboxylic acid groups (broad SMARTS) is 2. The Hall–Kier alpha value is -5.96. The summed E-state index contributed by atoms with van der Waals surface area (Å²) in [4.78, 5) is 75.2. The highest BCUT2D eigenvalue weighted by atomic mass is 16.5. The Morgan fingerprint density at radius 2 is 1.60 bits per heavy atom. The number of carbonyl (C=O) groups is 6. The van der Waals surface area contributed by atoms with Gasteiger partial charge in [0.15, 0.2) is 0 Å². The van der Waals surface area contributed by atoms with Crippen LogP contribution in [-0.4, -0.2) is 89.3 Å². The average Bonchev–Trinajstić information content (AvgIpc) is 3.06. The van der Waals surface area contributed by atoms with Gasteiger partial charge in [-0.3, -0.25) is 19.3 Å². The summed E-state index contributed by atoms with van der Waals surface area (Å²) >= 11 is 0. The summed E-state index contributed by atoms with van der Waals surface area (Å²) in [7, 11) is 2.53. The van der Waals surface area contributed by atoms with Crippen molar-refractivity contribution >= 4 is 47.1 Å². The fourth-order valence-electron chi connectivity index (χ4n) is 4.58. The second kappa shape index (κ2) is 16.4. The molecule has 15 heteroatoms. The zero-order chi connectivity index (χ0) is 34.7. The summed E-state index contributed by atoms with van der Waals surface area (Å²) in [6, 6.07) is 14.4. The maximum atomic E-state index is 13.2. The Balaban J connectivity index is 1.67. The molecule has 15 nitrogen and oxygen atoms in total. The highest BCUT2D eigenvalue weighted by Crippen LogP contribution is 2.30. The quantitative estimate of drug-likeness (QED) is 0.133. The number of anilines is 2. The minimum atomic E-state index is -1.80. The second-order valence-corrected chi connectivity index (χ2v) is 9.99. The van der Waals surface area contributed by atoms with Gasteiger partial charge in [-0.25, -0.2) is 19.3 Å². The molecule has 248 valence electrons. The third-order valence-corrected chi connectivity index (χ3v) is 6.88. The molecular weight excluding hydrogens is 616 g/mol. The number of aromatic hydroxyl groups is 1. The number of benzene rings is 3. The molecule has 0 unspecified atom stereocenters. The van der Waals surface area contributed by atoms with Crippen LogP contribution in [0.5, 0.6) is 11.5 Å². The van der Waals surface area contributed by atoms with Gasteiger partial charge in [0.1, 0.15) is 17.1 Å². The Bertz CT molecular complexity index is 1640. The van der Waals surface area contributed by atoms with Crippen molar-refractivity contribution < 1.29 is 53.6 Å². The number of aliphatic carboxylic acids is 1. The van der Waals surface area contributed by atoms with Crippen molar-refractivity contribution in [2.75, 3.05) is 32.2 Å². The summed E-state index contributed by atoms with van der Waals surface area (Å²) in [6.45, 7) is 0.0481. The van der Waals surface area contributed by atoms with Crippen molar-refractivity contribution in [3.8, 4) is 11.5 Å². The summed E-state index contributed by atoms with van der Waals surface area (Å²) in [6.07, 6.45) is -0.316. The minimum absolute atomic E-state index is 0.0216. The predicted molar refractivity (Wildman–Crippen MR) is 167 cm³/mol. The molecule has 0 saturated heterocycles. The maximum absolute atomic E-state index is 13.2. The van der Waals surface area contributed by atoms with Gasteiger partial charge in [-0.2, -0.15) is 0 Å². The van der Waals surface area contributed by atoms with E-state index >= 15 is 0 Å². The number of hydrogen-bond donors (Lipinski definition) is 5. The fraction of sp³-hybridized carbons (Fsp3) is 0.250. The van der Waals surface area contributed by atoms with Crippen LogP contribution < -0.4 is 20.7 Å². The number of phenolic OH excluding ortho intramolecular Hbond substituents is 1. The number of imide groups is 1. The number of rotatable bonds is 13. The topological polar surface area (TPSA) is 226 Å². The molecule has 47 heavy (non-hydrogen) atoms. The fourth-order valence-corrected chi connectivity index (χ4v) is 4.58. The van der Waals surface area contributed by atoms with E-state index < -0.39 is 41.8 Å². The van der Waals surface area contributed by atoms with Crippen molar-refractivity contribution in [3.05, 3.63) is 83.4 Å². The minimum Gasteiger partial charge on any atom is -0.507 e. The summed E-state index contributed by atoms with van der Waals surface area (Å²) in [5, 5.41) is 31.4. The van der Waals surface area contributed by atoms with Crippen LogP contribution in [0.4, 0.5) is 16.2 Å². The number of nitrogens with one attached hydrogen (secondary N) is 1. The number of nitrogens with two attached hydrogens (primary N) is 1. The van der Waals surface area contributed by atoms with Gasteiger partial charge in [0.05, 0.1) is 31.0 Å². The van der Waals surface area contributed by atoms with Crippen LogP contribution in [0.1, 0.15) is 39.1 Å². The summed E-state index contributed by atoms with van der Waals surface area (Å²) < 4.78 is 10.4. The molecule has 3 aromatic rings. The number of para-hydroxylation sites is 1. The smallest absolute Gasteiger partial charge is 0.416 e. The third kappa shape index (κ3) is 8.82. The lowest BCUT2D eigenvalue weighted by Crippen LogP contribution is -2.48. The Labute approximate surface area is 269 Å². The van der Waals surface area contributed by atoms with Gasteiger partial charge in [-0.05, 0) is 61.2 Å². The van der Waals surface area contributed by atoms with E-state index in [-0.39, 0.29) is 53.6 Å². The van der Waals surface area contributed by atoms with Gasteiger partial charge in [0.2, 0.25) is 5.91 Å². The lowest BCUT2D eigenvalue weighted by Gasteiger charge is -2.24. The Morgan fingerprint density at radius 3 is 2.21 bits per heavy atom. The van der Waals surface area contributed by atoms with E-state index in [9.17, 15) is 44.1 Å². The van der Waals surface area contributed by atoms with Gasteiger partial charge in [0, 0.05) is 19.3 Å². The van der Waals surface area contributed by atoms with Crippen molar-refractivity contribution in [1.29, 1.82) is 0 Å². The van der Waals surface area contributed by atoms with Crippen LogP contribution in [0.15, 0.2) is 66.7 Å². The van der Waals surface area contributed by atoms with Gasteiger partial charge >= 0.3 is 23.9 Å². The SMILES string of the molecule is CNC(=O)c1c(O)cccc1OCCCCN(C(=O)OC)C(=O)[C@@H](N)Cc1ccc(N(C(=O)C(=O)O)c2ccccc2C(=O)O)cc1. The number of unbranched alkanes of at least 4 members (excludes halogenated alkanes) is 1. The van der Waals surface area contributed by atoms with E-state index in [0.717, 1.165) is 16.9 Å². The van der Waals surface area contributed by atoms with Crippen LogP contribution in [0.3, 0.4) is 0 Å². The molecule has 6 N–H and O–H groups in total. The molecule has 0 fully saturated rings. The molecule has 0 heterocycles. The number of phenols is 1. The number of nitrogens with zero attached hydrogens (tertiary/aromatic N) is 2. The summed E-state index contributed by atoms with van der Waals surface area (Å²) in [5.74, 6) is -5.88. The number of hydrogen-bond acceptors (Lipinski definition) is 10. The van der Waals surface area contributed by atoms with Crippen LogP contribution in [0.25, 0.3) is 0 Å². The molecule has 0 bridgehead atoms. The highest BCUT2D eigenvalue weighted by Gasteiger charge is 2.29. The average molecular weight is 651 g/mol. The summed E-state index contributed by atoms with van der Waals surface area (Å²) in [5.41, 5.74) is 6.25. The molecule has 0 aliphatic carbocycles. The molecule has 0 aliphatic heterocycles. The van der Waals surface area contributed by atoms with Gasteiger partial charge in [-0.1, -0.05) is 30.3 Å². The maximum Gasteiger partial charge on any atom is 0.416 e. The number of methoxy groups -OCH3 is 1. The molecule has 0 saturated carbocycles. The number of aromatic carboxylic acids is 1. The van der Waals surface area contributed by atoms with E-state index in [0.29, 0.717) is 18.4 Å². The Morgan fingerprint density at radius 1 is 0.915 bits per heavy atom. The first-order valence-electron chi connectivity index (χ1n) is 14.2. The molecule has 4 amide bonds. The lowest BCUT2D eigenvalue weighted by atomic mass is 10.0. The largest absolute Gasteiger partial charge is 0.507 e. The zero-order valence-corrected chi connectivity index (χ0v) is 25.5. The van der Waals surface area contributed by atoms with Crippen LogP contribution >= 0.6 is 0 Å². The van der Waals surface area contributed by atoms with Gasteiger partial charge in [0.25, 0.3) is 5.91 Å². The second-order valence-electron chi connectivity index (χ2n) is 9.99. The molecule has 0 aromatic heterocycles.